The highest BCUT2D eigenvalue weighted by molar-refractivity contribution is 7.89. The molecule has 0 atom stereocenters. The van der Waals surface area contributed by atoms with Gasteiger partial charge in [-0.3, -0.25) is 4.79 Å². The van der Waals surface area contributed by atoms with Gasteiger partial charge in [-0.05, 0) is 47.5 Å². The van der Waals surface area contributed by atoms with Crippen LogP contribution in [0.25, 0.3) is 0 Å². The standard InChI is InChI=1S/C25H24ClN3O4S/c1-2-15-33-23-10-6-9-21(16-23)17-27-28-25(30)19-29(18-20-7-4-3-5-8-20)34(31,32)24-13-11-22(26)12-14-24/h2-14,16-17H,1,15,18-19H2,(H,28,30)/b27-17-. The van der Waals surface area contributed by atoms with Gasteiger partial charge in [0.25, 0.3) is 5.91 Å². The molecule has 1 amide bonds. The molecule has 9 heteroatoms. The predicted molar refractivity (Wildman–Crippen MR) is 133 cm³/mol. The number of benzene rings is 3. The van der Waals surface area contributed by atoms with Gasteiger partial charge in [0.1, 0.15) is 12.4 Å². The molecule has 0 aliphatic carbocycles. The van der Waals surface area contributed by atoms with Gasteiger partial charge in [-0.25, -0.2) is 13.8 Å². The van der Waals surface area contributed by atoms with E-state index in [4.69, 9.17) is 16.3 Å². The highest BCUT2D eigenvalue weighted by atomic mass is 35.5. The van der Waals surface area contributed by atoms with E-state index in [2.05, 4.69) is 17.1 Å². The van der Waals surface area contributed by atoms with E-state index in [-0.39, 0.29) is 11.4 Å². The van der Waals surface area contributed by atoms with Crippen LogP contribution < -0.4 is 10.2 Å². The van der Waals surface area contributed by atoms with Gasteiger partial charge in [-0.15, -0.1) is 0 Å². The second-order valence-electron chi connectivity index (χ2n) is 7.18. The van der Waals surface area contributed by atoms with Crippen molar-refractivity contribution in [1.82, 2.24) is 9.73 Å². The van der Waals surface area contributed by atoms with Gasteiger partial charge in [0.05, 0.1) is 17.7 Å². The van der Waals surface area contributed by atoms with Crippen LogP contribution in [0.2, 0.25) is 5.02 Å². The number of rotatable bonds is 11. The summed E-state index contributed by atoms with van der Waals surface area (Å²) in [6.45, 7) is 3.58. The van der Waals surface area contributed by atoms with Crippen molar-refractivity contribution in [3.05, 3.63) is 108 Å². The minimum Gasteiger partial charge on any atom is -0.490 e. The quantitative estimate of drug-likeness (QED) is 0.244. The monoisotopic (exact) mass is 497 g/mol. The van der Waals surface area contributed by atoms with Crippen LogP contribution in [0.4, 0.5) is 0 Å². The Balaban J connectivity index is 1.73. The Morgan fingerprint density at radius 3 is 2.50 bits per heavy atom. The number of sulfonamides is 1. The van der Waals surface area contributed by atoms with Crippen molar-refractivity contribution in [1.29, 1.82) is 0 Å². The highest BCUT2D eigenvalue weighted by Crippen LogP contribution is 2.20. The van der Waals surface area contributed by atoms with Crippen molar-refractivity contribution >= 4 is 33.7 Å². The van der Waals surface area contributed by atoms with Gasteiger partial charge >= 0.3 is 0 Å². The van der Waals surface area contributed by atoms with Gasteiger partial charge in [0.15, 0.2) is 0 Å². The Kier molecular flexibility index (Phi) is 8.98. The third-order valence-electron chi connectivity index (χ3n) is 4.60. The molecule has 3 aromatic rings. The summed E-state index contributed by atoms with van der Waals surface area (Å²) in [5, 5.41) is 4.37. The van der Waals surface area contributed by atoms with E-state index >= 15 is 0 Å². The molecule has 0 radical (unpaired) electrons. The van der Waals surface area contributed by atoms with Crippen molar-refractivity contribution < 1.29 is 17.9 Å². The summed E-state index contributed by atoms with van der Waals surface area (Å²) < 4.78 is 33.1. The fourth-order valence-corrected chi connectivity index (χ4v) is 4.49. The zero-order valence-electron chi connectivity index (χ0n) is 18.3. The third-order valence-corrected chi connectivity index (χ3v) is 6.66. The second kappa shape index (κ2) is 12.1. The second-order valence-corrected chi connectivity index (χ2v) is 9.55. The Labute approximate surface area is 204 Å². The van der Waals surface area contributed by atoms with Crippen LogP contribution in [0.3, 0.4) is 0 Å². The van der Waals surface area contributed by atoms with E-state index in [1.807, 2.05) is 6.07 Å². The predicted octanol–water partition coefficient (Wildman–Crippen LogP) is 4.25. The molecule has 3 rings (SSSR count). The van der Waals surface area contributed by atoms with Gasteiger partial charge in [0, 0.05) is 11.6 Å². The molecular weight excluding hydrogens is 474 g/mol. The minimum atomic E-state index is -3.97. The van der Waals surface area contributed by atoms with Crippen molar-refractivity contribution in [2.24, 2.45) is 5.10 Å². The number of amides is 1. The van der Waals surface area contributed by atoms with Crippen LogP contribution >= 0.6 is 11.6 Å². The lowest BCUT2D eigenvalue weighted by Crippen LogP contribution is -2.39. The molecule has 0 unspecified atom stereocenters. The molecule has 0 fully saturated rings. The molecule has 7 nitrogen and oxygen atoms in total. The SMILES string of the molecule is C=CCOc1cccc(/C=N\NC(=O)CN(Cc2ccccc2)S(=O)(=O)c2ccc(Cl)cc2)c1. The van der Waals surface area contributed by atoms with Crippen LogP contribution in [0, 0.1) is 0 Å². The first-order valence-corrected chi connectivity index (χ1v) is 12.2. The van der Waals surface area contributed by atoms with Gasteiger partial charge < -0.3 is 4.74 Å². The van der Waals surface area contributed by atoms with Gasteiger partial charge in [-0.1, -0.05) is 66.7 Å². The number of carbonyl (C=O) groups is 1. The summed E-state index contributed by atoms with van der Waals surface area (Å²) in [5.41, 5.74) is 3.84. The topological polar surface area (TPSA) is 88.1 Å². The Hall–Kier alpha value is -3.46. The van der Waals surface area contributed by atoms with E-state index in [1.165, 1.54) is 30.5 Å². The fourth-order valence-electron chi connectivity index (χ4n) is 2.98. The summed E-state index contributed by atoms with van der Waals surface area (Å²) in [7, 11) is -3.97. The van der Waals surface area contributed by atoms with E-state index in [9.17, 15) is 13.2 Å². The molecule has 1 N–H and O–H groups in total. The Morgan fingerprint density at radius 1 is 1.06 bits per heavy atom. The van der Waals surface area contributed by atoms with E-state index in [0.717, 1.165) is 9.87 Å². The first kappa shape index (κ1) is 25.2. The van der Waals surface area contributed by atoms with Gasteiger partial charge in [0.2, 0.25) is 10.0 Å². The molecule has 0 aliphatic heterocycles. The van der Waals surface area contributed by atoms with E-state index in [0.29, 0.717) is 22.9 Å². The zero-order chi connectivity index (χ0) is 24.4. The number of hydrogen-bond acceptors (Lipinski definition) is 5. The van der Waals surface area contributed by atoms with Crippen LogP contribution in [0.15, 0.2) is 102 Å². The first-order valence-electron chi connectivity index (χ1n) is 10.3. The number of ether oxygens (including phenoxy) is 1. The summed E-state index contributed by atoms with van der Waals surface area (Å²) in [6, 6.07) is 22.0. The van der Waals surface area contributed by atoms with Crippen LogP contribution in [0.5, 0.6) is 5.75 Å². The average Bonchev–Trinajstić information content (AvgIpc) is 2.83. The van der Waals surface area contributed by atoms with E-state index < -0.39 is 22.5 Å². The van der Waals surface area contributed by atoms with E-state index in [1.54, 1.807) is 54.6 Å². The number of hydrazone groups is 1. The van der Waals surface area contributed by atoms with Crippen LogP contribution in [0.1, 0.15) is 11.1 Å². The number of hydrogen-bond donors (Lipinski definition) is 1. The number of halogens is 1. The molecule has 0 saturated carbocycles. The maximum atomic E-state index is 13.2. The molecule has 176 valence electrons. The normalized spacial score (nSPS) is 11.5. The molecule has 0 spiro atoms. The number of nitrogens with one attached hydrogen (secondary N) is 1. The molecule has 0 saturated heterocycles. The third kappa shape index (κ3) is 7.28. The van der Waals surface area contributed by atoms with Crippen molar-refractivity contribution in [2.45, 2.75) is 11.4 Å². The Morgan fingerprint density at radius 2 is 1.79 bits per heavy atom. The van der Waals surface area contributed by atoms with Gasteiger partial charge in [-0.2, -0.15) is 9.41 Å². The molecule has 0 aliphatic rings. The van der Waals surface area contributed by atoms with Crippen molar-refractivity contribution in [2.75, 3.05) is 13.2 Å². The largest absolute Gasteiger partial charge is 0.490 e. The summed E-state index contributed by atoms with van der Waals surface area (Å²) in [5.74, 6) is 0.0575. The first-order chi connectivity index (χ1) is 16.4. The fraction of sp³-hybridized carbons (Fsp3) is 0.120. The molecule has 0 heterocycles. The summed E-state index contributed by atoms with van der Waals surface area (Å²) in [4.78, 5) is 12.6. The average molecular weight is 498 g/mol. The maximum absolute atomic E-state index is 13.2. The summed E-state index contributed by atoms with van der Waals surface area (Å²) in [6.07, 6.45) is 3.09. The number of carbonyl (C=O) groups excluding carboxylic acids is 1. The van der Waals surface area contributed by atoms with Crippen molar-refractivity contribution in [3.8, 4) is 5.75 Å². The molecule has 0 aromatic heterocycles. The Bertz CT molecular complexity index is 1250. The lowest BCUT2D eigenvalue weighted by atomic mass is 10.2. The molecular formula is C25H24ClN3O4S. The van der Waals surface area contributed by atoms with Crippen molar-refractivity contribution in [3.63, 3.8) is 0 Å². The molecule has 3 aromatic carbocycles. The molecule has 34 heavy (non-hydrogen) atoms. The lowest BCUT2D eigenvalue weighted by molar-refractivity contribution is -0.121. The maximum Gasteiger partial charge on any atom is 0.255 e. The minimum absolute atomic E-state index is 0.0195. The lowest BCUT2D eigenvalue weighted by Gasteiger charge is -2.21. The smallest absolute Gasteiger partial charge is 0.255 e. The number of nitrogens with zero attached hydrogens (tertiary/aromatic N) is 2. The van der Waals surface area contributed by atoms with Crippen LogP contribution in [-0.2, 0) is 21.4 Å². The van der Waals surface area contributed by atoms with Crippen LogP contribution in [-0.4, -0.2) is 38.0 Å². The zero-order valence-corrected chi connectivity index (χ0v) is 19.9. The highest BCUT2D eigenvalue weighted by Gasteiger charge is 2.27. The summed E-state index contributed by atoms with van der Waals surface area (Å²) >= 11 is 5.90. The molecule has 0 bridgehead atoms.